The minimum Gasteiger partial charge on any atom is -0.346 e. The number of carbonyl (C=O) groups is 1. The van der Waals surface area contributed by atoms with Gasteiger partial charge in [-0.05, 0) is 35.7 Å². The van der Waals surface area contributed by atoms with Gasteiger partial charge >= 0.3 is 0 Å². The van der Waals surface area contributed by atoms with E-state index in [-0.39, 0.29) is 5.91 Å². The number of pyridine rings is 1. The molecule has 0 aliphatic heterocycles. The number of benzene rings is 1. The minimum atomic E-state index is -0.0621. The number of carbonyl (C=O) groups excluding carboxylic acids is 1. The second kappa shape index (κ2) is 5.73. The molecule has 3 aromatic rings. The van der Waals surface area contributed by atoms with Crippen molar-refractivity contribution >= 4 is 43.3 Å². The number of halogens is 1. The Kier molecular flexibility index (Phi) is 3.80. The summed E-state index contributed by atoms with van der Waals surface area (Å²) in [6.07, 6.45) is 1.72. The molecule has 0 fully saturated rings. The van der Waals surface area contributed by atoms with Crippen LogP contribution in [0.4, 0.5) is 0 Å². The number of aromatic nitrogens is 1. The molecule has 0 saturated carbocycles. The zero-order valence-electron chi connectivity index (χ0n) is 10.5. The van der Waals surface area contributed by atoms with Gasteiger partial charge in [0.05, 0.1) is 17.1 Å². The number of nitrogens with one attached hydrogen (secondary N) is 1. The van der Waals surface area contributed by atoms with Crippen molar-refractivity contribution in [3.05, 3.63) is 63.7 Å². The molecule has 20 heavy (non-hydrogen) atoms. The Morgan fingerprint density at radius 3 is 2.95 bits per heavy atom. The summed E-state index contributed by atoms with van der Waals surface area (Å²) in [6, 6.07) is 13.6. The summed E-state index contributed by atoms with van der Waals surface area (Å²) in [5.41, 5.74) is 0.852. The molecule has 3 rings (SSSR count). The molecule has 1 aromatic carbocycles. The lowest BCUT2D eigenvalue weighted by atomic mass is 10.2. The molecule has 0 spiro atoms. The Bertz CT molecular complexity index is 755. The number of amides is 1. The van der Waals surface area contributed by atoms with Gasteiger partial charge in [0, 0.05) is 15.4 Å². The number of rotatable bonds is 3. The normalized spacial score (nSPS) is 10.7. The maximum Gasteiger partial charge on any atom is 0.261 e. The Labute approximate surface area is 128 Å². The molecule has 5 heteroatoms. The van der Waals surface area contributed by atoms with Gasteiger partial charge in [0.2, 0.25) is 0 Å². The van der Waals surface area contributed by atoms with Crippen LogP contribution in [-0.4, -0.2) is 10.9 Å². The predicted octanol–water partition coefficient (Wildman–Crippen LogP) is 3.99. The number of fused-ring (bicyclic) bond motifs is 1. The average molecular weight is 347 g/mol. The van der Waals surface area contributed by atoms with Crippen LogP contribution >= 0.6 is 27.3 Å². The monoisotopic (exact) mass is 346 g/mol. The maximum atomic E-state index is 12.1. The first-order chi connectivity index (χ1) is 9.72. The molecule has 0 atom stereocenters. The number of hydrogen-bond donors (Lipinski definition) is 1. The Morgan fingerprint density at radius 1 is 1.25 bits per heavy atom. The molecule has 0 unspecified atom stereocenters. The van der Waals surface area contributed by atoms with E-state index in [1.165, 1.54) is 11.3 Å². The smallest absolute Gasteiger partial charge is 0.261 e. The topological polar surface area (TPSA) is 42.0 Å². The van der Waals surface area contributed by atoms with Crippen LogP contribution in [0.15, 0.2) is 53.1 Å². The van der Waals surface area contributed by atoms with Crippen molar-refractivity contribution in [1.29, 1.82) is 0 Å². The first-order valence-electron chi connectivity index (χ1n) is 6.09. The zero-order chi connectivity index (χ0) is 13.9. The number of nitrogens with zero attached hydrogens (tertiary/aromatic N) is 1. The molecule has 0 bridgehead atoms. The first kappa shape index (κ1) is 13.3. The molecular weight excluding hydrogens is 336 g/mol. The summed E-state index contributed by atoms with van der Waals surface area (Å²) in [6.45, 7) is 0.442. The highest BCUT2D eigenvalue weighted by Crippen LogP contribution is 2.28. The third-order valence-corrected chi connectivity index (χ3v) is 4.45. The standard InChI is InChI=1S/C15H11BrN2OS/c16-11-5-4-10-7-14(20-13(10)8-11)15(19)18-9-12-3-1-2-6-17-12/h1-8H,9H2,(H,18,19). The third kappa shape index (κ3) is 2.89. The van der Waals surface area contributed by atoms with Crippen LogP contribution in [-0.2, 0) is 6.54 Å². The molecule has 1 amide bonds. The molecule has 1 N–H and O–H groups in total. The fraction of sp³-hybridized carbons (Fsp3) is 0.0667. The Morgan fingerprint density at radius 2 is 2.15 bits per heavy atom. The van der Waals surface area contributed by atoms with Gasteiger partial charge in [-0.1, -0.05) is 28.1 Å². The van der Waals surface area contributed by atoms with Crippen molar-refractivity contribution in [2.45, 2.75) is 6.54 Å². The van der Waals surface area contributed by atoms with E-state index in [0.717, 1.165) is 20.3 Å². The molecule has 0 radical (unpaired) electrons. The molecule has 0 saturated heterocycles. The van der Waals surface area contributed by atoms with Crippen molar-refractivity contribution in [1.82, 2.24) is 10.3 Å². The van der Waals surface area contributed by atoms with Gasteiger partial charge in [0.25, 0.3) is 5.91 Å². The van der Waals surface area contributed by atoms with Crippen LogP contribution in [0.2, 0.25) is 0 Å². The second-order valence-corrected chi connectivity index (χ2v) is 6.30. The van der Waals surface area contributed by atoms with Gasteiger partial charge in [-0.2, -0.15) is 0 Å². The van der Waals surface area contributed by atoms with Crippen molar-refractivity contribution in [2.75, 3.05) is 0 Å². The van der Waals surface area contributed by atoms with Crippen molar-refractivity contribution in [2.24, 2.45) is 0 Å². The van der Waals surface area contributed by atoms with E-state index in [9.17, 15) is 4.79 Å². The van der Waals surface area contributed by atoms with Gasteiger partial charge < -0.3 is 5.32 Å². The van der Waals surface area contributed by atoms with E-state index in [1.54, 1.807) is 6.20 Å². The molecular formula is C15H11BrN2OS. The summed E-state index contributed by atoms with van der Waals surface area (Å²) in [4.78, 5) is 17.0. The fourth-order valence-corrected chi connectivity index (χ4v) is 3.41. The molecule has 0 aliphatic carbocycles. The lowest BCUT2D eigenvalue weighted by Crippen LogP contribution is -2.22. The summed E-state index contributed by atoms with van der Waals surface area (Å²) in [5, 5.41) is 3.97. The predicted molar refractivity (Wildman–Crippen MR) is 84.9 cm³/mol. The van der Waals surface area contributed by atoms with Gasteiger partial charge in [-0.15, -0.1) is 11.3 Å². The Balaban J connectivity index is 1.75. The highest BCUT2D eigenvalue weighted by Gasteiger charge is 2.10. The van der Waals surface area contributed by atoms with Crippen molar-refractivity contribution < 1.29 is 4.79 Å². The molecule has 3 nitrogen and oxygen atoms in total. The summed E-state index contributed by atoms with van der Waals surface area (Å²) >= 11 is 4.93. The quantitative estimate of drug-likeness (QED) is 0.778. The fourth-order valence-electron chi connectivity index (χ4n) is 1.88. The van der Waals surface area contributed by atoms with E-state index in [1.807, 2.05) is 42.5 Å². The number of thiophene rings is 1. The van der Waals surface area contributed by atoms with Crippen LogP contribution in [0.25, 0.3) is 10.1 Å². The molecule has 2 aromatic heterocycles. The second-order valence-electron chi connectivity index (χ2n) is 4.30. The largest absolute Gasteiger partial charge is 0.346 e. The summed E-state index contributed by atoms with van der Waals surface area (Å²) < 4.78 is 2.12. The maximum absolute atomic E-state index is 12.1. The van der Waals surface area contributed by atoms with Gasteiger partial charge in [0.1, 0.15) is 0 Å². The summed E-state index contributed by atoms with van der Waals surface area (Å²) in [5.74, 6) is -0.0621. The van der Waals surface area contributed by atoms with Crippen LogP contribution in [0.5, 0.6) is 0 Å². The van der Waals surface area contributed by atoms with E-state index >= 15 is 0 Å². The average Bonchev–Trinajstić information content (AvgIpc) is 2.89. The third-order valence-electron chi connectivity index (χ3n) is 2.86. The minimum absolute atomic E-state index is 0.0621. The molecule has 2 heterocycles. The van der Waals surface area contributed by atoms with Crippen LogP contribution < -0.4 is 5.32 Å². The van der Waals surface area contributed by atoms with Gasteiger partial charge in [-0.25, -0.2) is 0 Å². The number of hydrogen-bond acceptors (Lipinski definition) is 3. The van der Waals surface area contributed by atoms with E-state index < -0.39 is 0 Å². The van der Waals surface area contributed by atoms with Crippen LogP contribution in [0.1, 0.15) is 15.4 Å². The Hall–Kier alpha value is -1.72. The van der Waals surface area contributed by atoms with Crippen molar-refractivity contribution in [3.63, 3.8) is 0 Å². The molecule has 100 valence electrons. The van der Waals surface area contributed by atoms with Gasteiger partial charge in [0.15, 0.2) is 0 Å². The van der Waals surface area contributed by atoms with E-state index in [0.29, 0.717) is 11.4 Å². The summed E-state index contributed by atoms with van der Waals surface area (Å²) in [7, 11) is 0. The van der Waals surface area contributed by atoms with E-state index in [4.69, 9.17) is 0 Å². The highest BCUT2D eigenvalue weighted by molar-refractivity contribution is 9.10. The molecule has 0 aliphatic rings. The van der Waals surface area contributed by atoms with Gasteiger partial charge in [-0.3, -0.25) is 9.78 Å². The SMILES string of the molecule is O=C(NCc1ccccn1)c1cc2ccc(Br)cc2s1. The van der Waals surface area contributed by atoms with Crippen molar-refractivity contribution in [3.8, 4) is 0 Å². The first-order valence-corrected chi connectivity index (χ1v) is 7.70. The highest BCUT2D eigenvalue weighted by atomic mass is 79.9. The lowest BCUT2D eigenvalue weighted by molar-refractivity contribution is 0.0954. The lowest BCUT2D eigenvalue weighted by Gasteiger charge is -2.02. The van der Waals surface area contributed by atoms with Crippen LogP contribution in [0.3, 0.4) is 0 Å². The van der Waals surface area contributed by atoms with E-state index in [2.05, 4.69) is 26.2 Å². The van der Waals surface area contributed by atoms with Crippen LogP contribution in [0, 0.1) is 0 Å². The zero-order valence-corrected chi connectivity index (χ0v) is 12.9.